The largest absolute Gasteiger partial charge is 0.330 e. The highest BCUT2D eigenvalue weighted by Gasteiger charge is 2.08. The molecule has 244 valence electrons. The van der Waals surface area contributed by atoms with Crippen LogP contribution in [0.1, 0.15) is 233 Å². The number of unbranched alkanes of at least 4 members (excludes halogenated alkanes) is 29. The van der Waals surface area contributed by atoms with Crippen molar-refractivity contribution >= 4 is 0 Å². The standard InChI is InChI=1S/C20H43N.C18H39N/c1-4-5-6-7-8-9-10-11-12-13-14-15-16-17-18-19-20(2,3)21;1-2-3-4-5-6-7-8-9-10-11-12-13-14-15-16-17-18-19/h4-19,21H2,1-3H3;2-19H2,1H3. The highest BCUT2D eigenvalue weighted by atomic mass is 14.7. The van der Waals surface area contributed by atoms with E-state index in [1.807, 2.05) is 0 Å². The monoisotopic (exact) mass is 567 g/mol. The number of rotatable bonds is 32. The lowest BCUT2D eigenvalue weighted by atomic mass is 9.97. The lowest BCUT2D eigenvalue weighted by Gasteiger charge is -2.17. The number of hydrogen-bond acceptors (Lipinski definition) is 2. The van der Waals surface area contributed by atoms with Crippen molar-refractivity contribution in [3.05, 3.63) is 0 Å². The van der Waals surface area contributed by atoms with Crippen molar-refractivity contribution in [2.24, 2.45) is 11.5 Å². The zero-order valence-corrected chi connectivity index (χ0v) is 29.0. The van der Waals surface area contributed by atoms with E-state index in [4.69, 9.17) is 11.5 Å². The fourth-order valence-corrected chi connectivity index (χ4v) is 5.64. The van der Waals surface area contributed by atoms with Gasteiger partial charge in [0.25, 0.3) is 0 Å². The van der Waals surface area contributed by atoms with Crippen molar-refractivity contribution in [1.82, 2.24) is 0 Å². The van der Waals surface area contributed by atoms with E-state index in [0.29, 0.717) is 0 Å². The molecule has 0 unspecified atom stereocenters. The van der Waals surface area contributed by atoms with Gasteiger partial charge in [-0.15, -0.1) is 0 Å². The van der Waals surface area contributed by atoms with Gasteiger partial charge in [-0.25, -0.2) is 0 Å². The molecule has 0 saturated carbocycles. The van der Waals surface area contributed by atoms with Crippen molar-refractivity contribution < 1.29 is 0 Å². The molecule has 0 aromatic carbocycles. The summed E-state index contributed by atoms with van der Waals surface area (Å²) in [5.41, 5.74) is 11.5. The maximum atomic E-state index is 5.99. The predicted octanol–water partition coefficient (Wildman–Crippen LogP) is 13.2. The Hall–Kier alpha value is -0.0800. The molecule has 2 nitrogen and oxygen atoms in total. The molecule has 2 heteroatoms. The Balaban J connectivity index is 0. The van der Waals surface area contributed by atoms with E-state index in [2.05, 4.69) is 27.7 Å². The first-order chi connectivity index (χ1) is 19.5. The topological polar surface area (TPSA) is 52.0 Å². The first-order valence-electron chi connectivity index (χ1n) is 19.0. The Labute approximate surface area is 256 Å². The van der Waals surface area contributed by atoms with Crippen molar-refractivity contribution in [3.8, 4) is 0 Å². The van der Waals surface area contributed by atoms with Gasteiger partial charge in [-0.05, 0) is 33.2 Å². The van der Waals surface area contributed by atoms with Gasteiger partial charge in [0.2, 0.25) is 0 Å². The summed E-state index contributed by atoms with van der Waals surface area (Å²) in [6.45, 7) is 9.73. The van der Waals surface area contributed by atoms with Crippen LogP contribution in [0.5, 0.6) is 0 Å². The Kier molecular flexibility index (Phi) is 38.8. The summed E-state index contributed by atoms with van der Waals surface area (Å²) in [5, 5.41) is 0. The Morgan fingerprint density at radius 3 is 0.725 bits per heavy atom. The zero-order valence-electron chi connectivity index (χ0n) is 29.0. The number of hydrogen-bond donors (Lipinski definition) is 2. The van der Waals surface area contributed by atoms with Crippen LogP contribution in [0.3, 0.4) is 0 Å². The molecule has 0 aromatic rings. The van der Waals surface area contributed by atoms with Gasteiger partial charge in [-0.2, -0.15) is 0 Å². The summed E-state index contributed by atoms with van der Waals surface area (Å²) in [4.78, 5) is 0. The lowest BCUT2D eigenvalue weighted by Crippen LogP contribution is -2.31. The number of nitrogens with two attached hydrogens (primary N) is 2. The van der Waals surface area contributed by atoms with Gasteiger partial charge >= 0.3 is 0 Å². The highest BCUT2D eigenvalue weighted by Crippen LogP contribution is 2.16. The highest BCUT2D eigenvalue weighted by molar-refractivity contribution is 4.70. The van der Waals surface area contributed by atoms with Crippen LogP contribution in [-0.4, -0.2) is 12.1 Å². The third-order valence-corrected chi connectivity index (χ3v) is 8.48. The maximum absolute atomic E-state index is 5.99. The lowest BCUT2D eigenvalue weighted by molar-refractivity contribution is 0.440. The molecule has 0 amide bonds. The predicted molar refractivity (Wildman–Crippen MR) is 186 cm³/mol. The molecule has 0 saturated heterocycles. The molecule has 0 spiro atoms. The molecular weight excluding hydrogens is 484 g/mol. The van der Waals surface area contributed by atoms with Crippen LogP contribution in [0.4, 0.5) is 0 Å². The average Bonchev–Trinajstić information content (AvgIpc) is 2.93. The summed E-state index contributed by atoms with van der Waals surface area (Å²) >= 11 is 0. The van der Waals surface area contributed by atoms with Crippen LogP contribution < -0.4 is 11.5 Å². The third kappa shape index (κ3) is 44.9. The first kappa shape index (κ1) is 42.1. The van der Waals surface area contributed by atoms with E-state index >= 15 is 0 Å². The minimum atomic E-state index is 0.0382. The van der Waals surface area contributed by atoms with E-state index < -0.39 is 0 Å². The van der Waals surface area contributed by atoms with Gasteiger partial charge in [0.1, 0.15) is 0 Å². The van der Waals surface area contributed by atoms with E-state index in [-0.39, 0.29) is 5.54 Å². The van der Waals surface area contributed by atoms with Gasteiger partial charge in [-0.3, -0.25) is 0 Å². The van der Waals surface area contributed by atoms with Crippen LogP contribution in [-0.2, 0) is 0 Å². The second kappa shape index (κ2) is 36.9. The van der Waals surface area contributed by atoms with Crippen LogP contribution in [0, 0.1) is 0 Å². The molecule has 0 aliphatic carbocycles. The van der Waals surface area contributed by atoms with Crippen molar-refractivity contribution in [2.75, 3.05) is 6.54 Å². The molecule has 0 radical (unpaired) electrons. The quantitative estimate of drug-likeness (QED) is 0.0795. The Bertz CT molecular complexity index is 398. The average molecular weight is 567 g/mol. The van der Waals surface area contributed by atoms with E-state index in [1.165, 1.54) is 205 Å². The third-order valence-electron chi connectivity index (χ3n) is 8.48. The SMILES string of the molecule is CCCCCCCCCCCCCCCCCC(C)(C)N.CCCCCCCCCCCCCCCCCCN. The van der Waals surface area contributed by atoms with E-state index in [0.717, 1.165) is 6.54 Å². The molecule has 0 rings (SSSR count). The molecule has 0 aromatic heterocycles. The second-order valence-electron chi connectivity index (χ2n) is 13.8. The van der Waals surface area contributed by atoms with Crippen LogP contribution >= 0.6 is 0 Å². The maximum Gasteiger partial charge on any atom is 0.00970 e. The van der Waals surface area contributed by atoms with Crippen LogP contribution in [0.2, 0.25) is 0 Å². The molecule has 0 heterocycles. The van der Waals surface area contributed by atoms with E-state index in [1.54, 1.807) is 0 Å². The summed E-state index contributed by atoms with van der Waals surface area (Å²) in [6, 6.07) is 0. The summed E-state index contributed by atoms with van der Waals surface area (Å²) in [7, 11) is 0. The normalized spacial score (nSPS) is 11.6. The molecule has 0 atom stereocenters. The van der Waals surface area contributed by atoms with Gasteiger partial charge in [-0.1, -0.05) is 206 Å². The second-order valence-corrected chi connectivity index (χ2v) is 13.8. The van der Waals surface area contributed by atoms with Crippen molar-refractivity contribution in [2.45, 2.75) is 239 Å². The fraction of sp³-hybridized carbons (Fsp3) is 1.00. The molecule has 0 fully saturated rings. The summed E-state index contributed by atoms with van der Waals surface area (Å²) < 4.78 is 0. The smallest absolute Gasteiger partial charge is 0.00970 e. The molecular formula is C38H82N2. The van der Waals surface area contributed by atoms with Crippen LogP contribution in [0.15, 0.2) is 0 Å². The molecule has 0 aliphatic rings. The minimum Gasteiger partial charge on any atom is -0.330 e. The molecule has 0 aliphatic heterocycles. The fourth-order valence-electron chi connectivity index (χ4n) is 5.64. The van der Waals surface area contributed by atoms with E-state index in [9.17, 15) is 0 Å². The van der Waals surface area contributed by atoms with Gasteiger partial charge in [0, 0.05) is 5.54 Å². The van der Waals surface area contributed by atoms with Crippen molar-refractivity contribution in [3.63, 3.8) is 0 Å². The van der Waals surface area contributed by atoms with Gasteiger partial charge in [0.15, 0.2) is 0 Å². The summed E-state index contributed by atoms with van der Waals surface area (Å²) in [6.07, 6.45) is 45.5. The van der Waals surface area contributed by atoms with Gasteiger partial charge < -0.3 is 11.5 Å². The van der Waals surface area contributed by atoms with Gasteiger partial charge in [0.05, 0.1) is 0 Å². The first-order valence-corrected chi connectivity index (χ1v) is 19.0. The Morgan fingerprint density at radius 1 is 0.325 bits per heavy atom. The zero-order chi connectivity index (χ0) is 29.8. The Morgan fingerprint density at radius 2 is 0.525 bits per heavy atom. The van der Waals surface area contributed by atoms with Crippen molar-refractivity contribution in [1.29, 1.82) is 0 Å². The molecule has 0 bridgehead atoms. The minimum absolute atomic E-state index is 0.0382. The van der Waals surface area contributed by atoms with Crippen LogP contribution in [0.25, 0.3) is 0 Å². The summed E-state index contributed by atoms with van der Waals surface area (Å²) in [5.74, 6) is 0. The molecule has 4 N–H and O–H groups in total. The molecule has 40 heavy (non-hydrogen) atoms.